The van der Waals surface area contributed by atoms with Crippen LogP contribution in [0.2, 0.25) is 0 Å². The maximum Gasteiger partial charge on any atom is 0.330 e. The van der Waals surface area contributed by atoms with Crippen LogP contribution >= 0.6 is 11.6 Å². The largest absolute Gasteiger partial charge is 0.456 e. The van der Waals surface area contributed by atoms with Crippen LogP contribution in [-0.2, 0) is 33.3 Å². The third-order valence-electron chi connectivity index (χ3n) is 12.2. The zero-order valence-electron chi connectivity index (χ0n) is 39.1. The molecule has 0 heterocycles. The van der Waals surface area contributed by atoms with Crippen LogP contribution in [0.1, 0.15) is 160 Å². The molecule has 0 amide bonds. The second-order valence-electron chi connectivity index (χ2n) is 21.4. The van der Waals surface area contributed by atoms with Gasteiger partial charge in [-0.3, -0.25) is 4.90 Å². The van der Waals surface area contributed by atoms with Crippen molar-refractivity contribution in [1.82, 2.24) is 4.90 Å². The van der Waals surface area contributed by atoms with Crippen molar-refractivity contribution in [2.75, 3.05) is 32.6 Å². The van der Waals surface area contributed by atoms with Crippen molar-refractivity contribution in [2.45, 2.75) is 195 Å². The van der Waals surface area contributed by atoms with Gasteiger partial charge in [-0.05, 0) is 133 Å². The molecule has 0 aromatic rings. The number of carbonyl (C=O) groups is 2. The highest BCUT2D eigenvalue weighted by Crippen LogP contribution is 2.61. The Kier molecular flexibility index (Phi) is 20.6. The molecule has 11 heteroatoms. The fourth-order valence-corrected chi connectivity index (χ4v) is 11.4. The van der Waals surface area contributed by atoms with Gasteiger partial charge in [-0.1, -0.05) is 73.2 Å². The van der Waals surface area contributed by atoms with E-state index in [2.05, 4.69) is 94.2 Å². The van der Waals surface area contributed by atoms with Gasteiger partial charge >= 0.3 is 11.9 Å². The number of halogens is 1. The Hall–Kier alpha value is -2.00. The molecule has 0 saturated heterocycles. The molecule has 0 aliphatic heterocycles. The van der Waals surface area contributed by atoms with Gasteiger partial charge in [-0.15, -0.1) is 0 Å². The number of nitriles is 1. The molecule has 59 heavy (non-hydrogen) atoms. The summed E-state index contributed by atoms with van der Waals surface area (Å²) < 4.78 is 28.3. The molecule has 340 valence electrons. The first kappa shape index (κ1) is 53.1. The molecule has 0 radical (unpaired) electrons. The number of nitrogens with zero attached hydrogens (tertiary/aromatic N) is 2. The lowest BCUT2D eigenvalue weighted by atomic mass is 9.52. The van der Waals surface area contributed by atoms with E-state index in [4.69, 9.17) is 40.5 Å². The lowest BCUT2D eigenvalue weighted by Crippen LogP contribution is -2.61. The molecule has 0 aromatic carbocycles. The van der Waals surface area contributed by atoms with E-state index >= 15 is 0 Å². The third kappa shape index (κ3) is 17.7. The average Bonchev–Trinajstić information content (AvgIpc) is 3.07. The van der Waals surface area contributed by atoms with Crippen molar-refractivity contribution in [1.29, 1.82) is 5.26 Å². The summed E-state index contributed by atoms with van der Waals surface area (Å²) in [6.07, 6.45) is 14.2. The number of alkyl halides is 1. The molecule has 8 fully saturated rings. The number of aliphatic hydroxyl groups is 1. The van der Waals surface area contributed by atoms with E-state index in [1.807, 2.05) is 0 Å². The van der Waals surface area contributed by atoms with Crippen LogP contribution in [0.4, 0.5) is 0 Å². The van der Waals surface area contributed by atoms with Crippen LogP contribution in [0.5, 0.6) is 0 Å². The first-order chi connectivity index (χ1) is 27.3. The molecule has 8 rings (SSSR count). The van der Waals surface area contributed by atoms with Gasteiger partial charge in [0.05, 0.1) is 30.5 Å². The number of hydrogen-bond donors (Lipinski definition) is 1. The SMILES string of the molecule is C=CC(=O)OC12CC3CC(CC(O)(C3)C1)C2.C=CC(=O)OC12CC3CC(CC(OCOCC(C)(C)C)(C3)C1)C2.CC#N.CC(C)(C)COCCl.CCN(C(C)C)C(C)C. The molecular weight excluding hydrogens is 768 g/mol. The van der Waals surface area contributed by atoms with Crippen molar-refractivity contribution >= 4 is 23.5 Å². The van der Waals surface area contributed by atoms with Crippen molar-refractivity contribution in [3.05, 3.63) is 25.3 Å². The van der Waals surface area contributed by atoms with E-state index in [1.165, 1.54) is 31.9 Å². The summed E-state index contributed by atoms with van der Waals surface area (Å²) in [7, 11) is 0. The fraction of sp³-hybridized carbons (Fsp3) is 0.854. The normalized spacial score (nSPS) is 31.9. The molecule has 10 nitrogen and oxygen atoms in total. The Labute approximate surface area is 364 Å². The quantitative estimate of drug-likeness (QED) is 0.0629. The Morgan fingerprint density at radius 1 is 0.763 bits per heavy atom. The van der Waals surface area contributed by atoms with Crippen LogP contribution in [-0.4, -0.2) is 89.1 Å². The van der Waals surface area contributed by atoms with E-state index in [0.29, 0.717) is 61.6 Å². The summed E-state index contributed by atoms with van der Waals surface area (Å²) in [4.78, 5) is 25.6. The van der Waals surface area contributed by atoms with Gasteiger partial charge in [0.25, 0.3) is 0 Å². The Morgan fingerprint density at radius 2 is 1.14 bits per heavy atom. The van der Waals surface area contributed by atoms with Crippen LogP contribution in [0, 0.1) is 45.8 Å². The summed E-state index contributed by atoms with van der Waals surface area (Å²) in [5, 5.41) is 17.8. The molecule has 8 bridgehead atoms. The monoisotopic (exact) mass is 851 g/mol. The highest BCUT2D eigenvalue weighted by atomic mass is 35.5. The number of esters is 2. The predicted molar refractivity (Wildman–Crippen MR) is 237 cm³/mol. The zero-order valence-corrected chi connectivity index (χ0v) is 39.9. The van der Waals surface area contributed by atoms with Crippen LogP contribution in [0.3, 0.4) is 0 Å². The third-order valence-corrected chi connectivity index (χ3v) is 12.3. The molecule has 1 N–H and O–H groups in total. The van der Waals surface area contributed by atoms with Crippen molar-refractivity contribution in [3.63, 3.8) is 0 Å². The Morgan fingerprint density at radius 3 is 1.44 bits per heavy atom. The second kappa shape index (κ2) is 22.9. The van der Waals surface area contributed by atoms with E-state index < -0.39 is 5.60 Å². The van der Waals surface area contributed by atoms with Gasteiger partial charge in [-0.25, -0.2) is 9.59 Å². The van der Waals surface area contributed by atoms with E-state index in [9.17, 15) is 14.7 Å². The minimum Gasteiger partial charge on any atom is -0.456 e. The molecule has 8 saturated carbocycles. The van der Waals surface area contributed by atoms with Gasteiger partial charge < -0.3 is 28.8 Å². The highest BCUT2D eigenvalue weighted by Gasteiger charge is 2.61. The summed E-state index contributed by atoms with van der Waals surface area (Å²) in [5.74, 6) is 1.66. The van der Waals surface area contributed by atoms with Gasteiger partial charge in [0.1, 0.15) is 24.1 Å². The average molecular weight is 852 g/mol. The minimum atomic E-state index is -0.564. The number of carbonyl (C=O) groups excluding carboxylic acids is 2. The predicted octanol–water partition coefficient (Wildman–Crippen LogP) is 10.5. The second-order valence-corrected chi connectivity index (χ2v) is 21.6. The Balaban J connectivity index is 0.000000289. The summed E-state index contributed by atoms with van der Waals surface area (Å²) >= 11 is 5.29. The first-order valence-corrected chi connectivity index (χ1v) is 22.7. The molecule has 0 spiro atoms. The summed E-state index contributed by atoms with van der Waals surface area (Å²) in [6.45, 7) is 35.3. The van der Waals surface area contributed by atoms with E-state index in [-0.39, 0.29) is 39.6 Å². The Bertz CT molecular complexity index is 1340. The van der Waals surface area contributed by atoms with Gasteiger partial charge in [0, 0.05) is 44.0 Å². The van der Waals surface area contributed by atoms with Crippen LogP contribution < -0.4 is 0 Å². The standard InChI is InChI=1S/C19H30O4.C13H18O3.C8H19N.C6H13ClO.C2H3N/c1-5-16(20)23-19-9-14-6-15(10-19)8-18(7-14,11-19)22-13-21-12-17(2,3)4;1-2-11(14)16-13-6-9-3-10(7-13)5-12(15,4-9)8-13;1-6-9(7(2)3)8(4)5;1-6(2,3)4-8-5-7;1-2-3/h5,14-15H,1,6-13H2,2-4H3;2,9-10,15H,1,3-8H2;7-8H,6H2,1-5H3;4-5H2,1-3H3;1H3. The molecule has 8 aliphatic rings. The zero-order chi connectivity index (χ0) is 44.9. The summed E-state index contributed by atoms with van der Waals surface area (Å²) in [6, 6.07) is 3.43. The molecular formula is C48H83ClN2O8. The molecule has 8 aliphatic carbocycles. The van der Waals surface area contributed by atoms with Crippen molar-refractivity contribution < 1.29 is 38.4 Å². The maximum absolute atomic E-state index is 11.8. The number of ether oxygens (including phenoxy) is 5. The van der Waals surface area contributed by atoms with Gasteiger partial charge in [0.15, 0.2) is 0 Å². The van der Waals surface area contributed by atoms with Gasteiger partial charge in [0.2, 0.25) is 0 Å². The fourth-order valence-electron chi connectivity index (χ4n) is 11.3. The number of hydrogen-bond acceptors (Lipinski definition) is 10. The first-order valence-electron chi connectivity index (χ1n) is 22.2. The highest BCUT2D eigenvalue weighted by molar-refractivity contribution is 6.17. The smallest absolute Gasteiger partial charge is 0.330 e. The van der Waals surface area contributed by atoms with E-state index in [1.54, 1.807) is 6.07 Å². The molecule has 4 atom stereocenters. The lowest BCUT2D eigenvalue weighted by Gasteiger charge is -2.60. The minimum absolute atomic E-state index is 0.144. The van der Waals surface area contributed by atoms with Gasteiger partial charge in [-0.2, -0.15) is 5.26 Å². The maximum atomic E-state index is 11.8. The molecule has 0 aromatic heterocycles. The van der Waals surface area contributed by atoms with Crippen LogP contribution in [0.15, 0.2) is 25.3 Å². The van der Waals surface area contributed by atoms with Crippen molar-refractivity contribution in [3.8, 4) is 6.07 Å². The summed E-state index contributed by atoms with van der Waals surface area (Å²) in [5.41, 5.74) is -1.06. The van der Waals surface area contributed by atoms with Crippen molar-refractivity contribution in [2.24, 2.45) is 34.5 Å². The lowest BCUT2D eigenvalue weighted by molar-refractivity contribution is -0.254. The topological polar surface area (TPSA) is 128 Å². The van der Waals surface area contributed by atoms with E-state index in [0.717, 1.165) is 70.9 Å². The number of rotatable bonds is 13. The van der Waals surface area contributed by atoms with Crippen LogP contribution in [0.25, 0.3) is 0 Å². The molecule has 4 unspecified atom stereocenters.